The van der Waals surface area contributed by atoms with E-state index < -0.39 is 6.10 Å². The molecule has 1 saturated heterocycles. The molecule has 2 aromatic rings. The Morgan fingerprint density at radius 2 is 1.79 bits per heavy atom. The van der Waals surface area contributed by atoms with Gasteiger partial charge in [0.2, 0.25) is 0 Å². The van der Waals surface area contributed by atoms with Gasteiger partial charge in [-0.15, -0.1) is 0 Å². The summed E-state index contributed by atoms with van der Waals surface area (Å²) in [5.41, 5.74) is 2.04. The van der Waals surface area contributed by atoms with Gasteiger partial charge in [0.15, 0.2) is 0 Å². The van der Waals surface area contributed by atoms with Gasteiger partial charge >= 0.3 is 0 Å². The molecule has 1 N–H and O–H groups in total. The molecule has 2 aromatic carbocycles. The monoisotopic (exact) mass is 320 g/mol. The normalized spacial score (nSPS) is 23.1. The van der Waals surface area contributed by atoms with Crippen molar-refractivity contribution in [2.45, 2.75) is 24.9 Å². The predicted molar refractivity (Wildman–Crippen MR) is 93.2 cm³/mol. The highest BCUT2D eigenvalue weighted by atomic mass is 16.6. The van der Waals surface area contributed by atoms with E-state index in [-0.39, 0.29) is 18.8 Å². The van der Waals surface area contributed by atoms with E-state index in [4.69, 9.17) is 9.47 Å². The molecule has 0 amide bonds. The van der Waals surface area contributed by atoms with E-state index in [0.29, 0.717) is 6.61 Å². The highest BCUT2D eigenvalue weighted by molar-refractivity contribution is 5.36. The van der Waals surface area contributed by atoms with Crippen LogP contribution in [0.1, 0.15) is 11.1 Å². The van der Waals surface area contributed by atoms with Gasteiger partial charge in [-0.05, 0) is 29.8 Å². The molecular formula is C21H20O3. The van der Waals surface area contributed by atoms with Crippen molar-refractivity contribution in [3.05, 3.63) is 83.9 Å². The number of benzene rings is 2. The van der Waals surface area contributed by atoms with Crippen LogP contribution in [0.15, 0.2) is 72.8 Å². The van der Waals surface area contributed by atoms with Crippen LogP contribution in [0, 0.1) is 11.8 Å². The molecule has 3 rings (SSSR count). The minimum absolute atomic E-state index is 0.278. The van der Waals surface area contributed by atoms with Crippen molar-refractivity contribution in [2.75, 3.05) is 6.61 Å². The lowest BCUT2D eigenvalue weighted by Gasteiger charge is -2.18. The van der Waals surface area contributed by atoms with Crippen molar-refractivity contribution in [2.24, 2.45) is 0 Å². The van der Waals surface area contributed by atoms with Gasteiger partial charge in [-0.1, -0.05) is 60.4 Å². The number of allylic oxidation sites excluding steroid dienone is 1. The average molecular weight is 320 g/mol. The molecule has 3 nitrogen and oxygen atoms in total. The molecule has 0 bridgehead atoms. The number of ether oxygens (including phenoxy) is 2. The van der Waals surface area contributed by atoms with Gasteiger partial charge in [0.25, 0.3) is 0 Å². The molecule has 1 aliphatic heterocycles. The first-order valence-electron chi connectivity index (χ1n) is 8.01. The highest BCUT2D eigenvalue weighted by Crippen LogP contribution is 2.20. The zero-order valence-electron chi connectivity index (χ0n) is 13.3. The number of aliphatic hydroxyl groups is 1. The molecule has 0 aliphatic carbocycles. The van der Waals surface area contributed by atoms with E-state index in [1.54, 1.807) is 6.08 Å². The van der Waals surface area contributed by atoms with Crippen LogP contribution in [0.5, 0.6) is 0 Å². The number of hydrogen-bond acceptors (Lipinski definition) is 3. The van der Waals surface area contributed by atoms with E-state index in [9.17, 15) is 5.11 Å². The summed E-state index contributed by atoms with van der Waals surface area (Å²) in [7, 11) is 0. The summed E-state index contributed by atoms with van der Waals surface area (Å²) in [5, 5.41) is 10.1. The Morgan fingerprint density at radius 3 is 2.54 bits per heavy atom. The summed E-state index contributed by atoms with van der Waals surface area (Å²) in [4.78, 5) is 0. The minimum atomic E-state index is -0.620. The van der Waals surface area contributed by atoms with Crippen molar-refractivity contribution < 1.29 is 14.6 Å². The standard InChI is InChI=1S/C21H20O3/c22-19-16-23-20(14-8-7-11-17-9-3-1-4-10-17)21(19)24-15-18-12-5-2-6-13-18/h1-6,8-10,12-14,19-22H,15-16H2/b14-8+/t19-,20+,21+/m1/s1. The number of hydrogen-bond donors (Lipinski definition) is 1. The Bertz CT molecular complexity index is 713. The maximum absolute atomic E-state index is 10.1. The third-order valence-electron chi connectivity index (χ3n) is 3.81. The summed E-state index contributed by atoms with van der Waals surface area (Å²) < 4.78 is 11.4. The van der Waals surface area contributed by atoms with E-state index in [0.717, 1.165) is 11.1 Å². The average Bonchev–Trinajstić information content (AvgIpc) is 2.98. The van der Waals surface area contributed by atoms with E-state index in [2.05, 4.69) is 11.8 Å². The Kier molecular flexibility index (Phi) is 5.81. The van der Waals surface area contributed by atoms with E-state index >= 15 is 0 Å². The van der Waals surface area contributed by atoms with Crippen LogP contribution in [0.4, 0.5) is 0 Å². The van der Waals surface area contributed by atoms with Crippen molar-refractivity contribution >= 4 is 0 Å². The fourth-order valence-electron chi connectivity index (χ4n) is 2.55. The first-order chi connectivity index (χ1) is 11.8. The Hall–Kier alpha value is -2.38. The van der Waals surface area contributed by atoms with Crippen LogP contribution in [-0.2, 0) is 16.1 Å². The molecule has 1 fully saturated rings. The van der Waals surface area contributed by atoms with Crippen LogP contribution in [0.2, 0.25) is 0 Å². The van der Waals surface area contributed by atoms with Gasteiger partial charge in [-0.3, -0.25) is 0 Å². The minimum Gasteiger partial charge on any atom is -0.388 e. The second-order valence-electron chi connectivity index (χ2n) is 5.62. The molecular weight excluding hydrogens is 300 g/mol. The molecule has 0 aromatic heterocycles. The largest absolute Gasteiger partial charge is 0.388 e. The fraction of sp³-hybridized carbons (Fsp3) is 0.238. The maximum atomic E-state index is 10.1. The van der Waals surface area contributed by atoms with Gasteiger partial charge in [-0.2, -0.15) is 0 Å². The summed E-state index contributed by atoms with van der Waals surface area (Å²) in [6, 6.07) is 19.7. The van der Waals surface area contributed by atoms with Crippen molar-refractivity contribution in [3.8, 4) is 11.8 Å². The molecule has 1 aliphatic rings. The van der Waals surface area contributed by atoms with Crippen molar-refractivity contribution in [1.29, 1.82) is 0 Å². The predicted octanol–water partition coefficient (Wildman–Crippen LogP) is 2.94. The first-order valence-corrected chi connectivity index (χ1v) is 8.01. The van der Waals surface area contributed by atoms with Crippen LogP contribution < -0.4 is 0 Å². The smallest absolute Gasteiger partial charge is 0.116 e. The Morgan fingerprint density at radius 1 is 1.08 bits per heavy atom. The zero-order valence-corrected chi connectivity index (χ0v) is 13.3. The lowest BCUT2D eigenvalue weighted by molar-refractivity contribution is -0.0338. The van der Waals surface area contributed by atoms with Gasteiger partial charge in [0, 0.05) is 5.56 Å². The topological polar surface area (TPSA) is 38.7 Å². The molecule has 0 radical (unpaired) electrons. The van der Waals surface area contributed by atoms with E-state index in [1.807, 2.05) is 66.7 Å². The summed E-state index contributed by atoms with van der Waals surface area (Å²) in [6.45, 7) is 0.729. The molecule has 122 valence electrons. The van der Waals surface area contributed by atoms with Crippen LogP contribution in [0.25, 0.3) is 0 Å². The van der Waals surface area contributed by atoms with Crippen LogP contribution >= 0.6 is 0 Å². The number of aliphatic hydroxyl groups excluding tert-OH is 1. The Labute approximate surface area is 142 Å². The highest BCUT2D eigenvalue weighted by Gasteiger charge is 2.35. The van der Waals surface area contributed by atoms with Gasteiger partial charge in [-0.25, -0.2) is 0 Å². The van der Waals surface area contributed by atoms with Gasteiger partial charge < -0.3 is 14.6 Å². The van der Waals surface area contributed by atoms with Gasteiger partial charge in [0.05, 0.1) is 13.2 Å². The lowest BCUT2D eigenvalue weighted by atomic mass is 10.1. The molecule has 3 heteroatoms. The third-order valence-corrected chi connectivity index (χ3v) is 3.81. The molecule has 0 saturated carbocycles. The first kappa shape index (κ1) is 16.5. The van der Waals surface area contributed by atoms with Crippen molar-refractivity contribution in [1.82, 2.24) is 0 Å². The quantitative estimate of drug-likeness (QED) is 0.880. The second kappa shape index (κ2) is 8.47. The third kappa shape index (κ3) is 4.56. The second-order valence-corrected chi connectivity index (χ2v) is 5.62. The molecule has 0 unspecified atom stereocenters. The molecule has 1 heterocycles. The SMILES string of the molecule is O[C@@H]1CO[C@@H](/C=C/C#Cc2ccccc2)[C@H]1OCc1ccccc1. The zero-order chi connectivity index (χ0) is 16.6. The lowest BCUT2D eigenvalue weighted by Crippen LogP contribution is -2.32. The Balaban J connectivity index is 1.58. The van der Waals surface area contributed by atoms with Gasteiger partial charge in [0.1, 0.15) is 18.3 Å². The van der Waals surface area contributed by atoms with Crippen LogP contribution in [0.3, 0.4) is 0 Å². The summed E-state index contributed by atoms with van der Waals surface area (Å²) in [6.07, 6.45) is 2.33. The summed E-state index contributed by atoms with van der Waals surface area (Å²) in [5.74, 6) is 6.05. The summed E-state index contributed by atoms with van der Waals surface area (Å²) >= 11 is 0. The van der Waals surface area contributed by atoms with Crippen molar-refractivity contribution in [3.63, 3.8) is 0 Å². The van der Waals surface area contributed by atoms with Crippen LogP contribution in [-0.4, -0.2) is 30.0 Å². The van der Waals surface area contributed by atoms with E-state index in [1.165, 1.54) is 0 Å². The maximum Gasteiger partial charge on any atom is 0.116 e. The number of rotatable bonds is 4. The molecule has 3 atom stereocenters. The fourth-order valence-corrected chi connectivity index (χ4v) is 2.55. The molecule has 24 heavy (non-hydrogen) atoms. The molecule has 0 spiro atoms.